The quantitative estimate of drug-likeness (QED) is 0.419. The molecular formula is C23H29N3O6S. The summed E-state index contributed by atoms with van der Waals surface area (Å²) in [5.41, 5.74) is 0.583. The molecule has 178 valence electrons. The zero-order chi connectivity index (χ0) is 23.8. The normalized spacial score (nSPS) is 15.5. The van der Waals surface area contributed by atoms with Gasteiger partial charge in [0.2, 0.25) is 0 Å². The molecule has 1 aromatic carbocycles. The van der Waals surface area contributed by atoms with Crippen molar-refractivity contribution in [1.82, 2.24) is 4.98 Å². The molecule has 0 bridgehead atoms. The van der Waals surface area contributed by atoms with Crippen LogP contribution in [-0.4, -0.2) is 45.6 Å². The Labute approximate surface area is 193 Å². The van der Waals surface area contributed by atoms with E-state index in [0.717, 1.165) is 32.1 Å². The largest absolute Gasteiger partial charge is 0.468 e. The van der Waals surface area contributed by atoms with Gasteiger partial charge in [-0.25, -0.2) is 13.4 Å². The number of esters is 2. The summed E-state index contributed by atoms with van der Waals surface area (Å²) in [5.74, 6) is -2.17. The van der Waals surface area contributed by atoms with Gasteiger partial charge in [0.15, 0.2) is 5.92 Å². The summed E-state index contributed by atoms with van der Waals surface area (Å²) in [5, 5.41) is 3.28. The molecule has 0 unspecified atom stereocenters. The molecule has 1 saturated carbocycles. The fourth-order valence-corrected chi connectivity index (χ4v) is 5.16. The first-order chi connectivity index (χ1) is 15.9. The lowest BCUT2D eigenvalue weighted by molar-refractivity contribution is -0.160. The fraction of sp³-hybridized carbons (Fsp3) is 0.435. The highest BCUT2D eigenvalue weighted by Crippen LogP contribution is 2.33. The van der Waals surface area contributed by atoms with E-state index in [0.29, 0.717) is 5.69 Å². The molecule has 1 fully saturated rings. The summed E-state index contributed by atoms with van der Waals surface area (Å²) in [4.78, 5) is 29.0. The summed E-state index contributed by atoms with van der Waals surface area (Å²) >= 11 is 0. The second-order valence-electron chi connectivity index (χ2n) is 7.94. The van der Waals surface area contributed by atoms with Gasteiger partial charge in [-0.1, -0.05) is 25.3 Å². The molecule has 0 saturated heterocycles. The Hall–Kier alpha value is -3.14. The van der Waals surface area contributed by atoms with E-state index in [-0.39, 0.29) is 16.6 Å². The van der Waals surface area contributed by atoms with Gasteiger partial charge in [0.1, 0.15) is 5.82 Å². The van der Waals surface area contributed by atoms with E-state index < -0.39 is 33.9 Å². The van der Waals surface area contributed by atoms with Crippen LogP contribution in [0.2, 0.25) is 0 Å². The standard InChI is InChI=1S/C23H29N3O6S/c1-31-22(27)20(23(28)32-2)21(16-8-4-3-5-9-16)25-17-11-13-18(14-12-17)33(29,30)26-19-10-6-7-15-24-19/h6-7,10-16,20-21,25H,3-5,8-9H2,1-2H3,(H,24,26)/t21-/m1/s1. The van der Waals surface area contributed by atoms with Crippen molar-refractivity contribution in [2.45, 2.75) is 43.0 Å². The average molecular weight is 476 g/mol. The summed E-state index contributed by atoms with van der Waals surface area (Å²) < 4.78 is 37.5. The molecule has 2 aromatic rings. The van der Waals surface area contributed by atoms with Gasteiger partial charge in [-0.05, 0) is 55.2 Å². The van der Waals surface area contributed by atoms with Gasteiger partial charge in [-0.2, -0.15) is 0 Å². The van der Waals surface area contributed by atoms with Crippen molar-refractivity contribution in [2.24, 2.45) is 11.8 Å². The number of nitrogens with one attached hydrogen (secondary N) is 2. The van der Waals surface area contributed by atoms with Crippen LogP contribution in [0.4, 0.5) is 11.5 Å². The molecule has 10 heteroatoms. The van der Waals surface area contributed by atoms with Gasteiger partial charge in [-0.3, -0.25) is 14.3 Å². The van der Waals surface area contributed by atoms with Crippen molar-refractivity contribution in [3.8, 4) is 0 Å². The van der Waals surface area contributed by atoms with Crippen molar-refractivity contribution < 1.29 is 27.5 Å². The Bertz CT molecular complexity index is 1020. The Morgan fingerprint density at radius 2 is 1.61 bits per heavy atom. The maximum Gasteiger partial charge on any atom is 0.322 e. The van der Waals surface area contributed by atoms with Crippen LogP contribution in [0.25, 0.3) is 0 Å². The first-order valence-corrected chi connectivity index (χ1v) is 12.3. The summed E-state index contributed by atoms with van der Waals surface area (Å²) in [6.45, 7) is 0. The zero-order valence-electron chi connectivity index (χ0n) is 18.7. The number of aromatic nitrogens is 1. The van der Waals surface area contributed by atoms with Crippen LogP contribution in [0.5, 0.6) is 0 Å². The van der Waals surface area contributed by atoms with Crippen LogP contribution >= 0.6 is 0 Å². The first-order valence-electron chi connectivity index (χ1n) is 10.8. The van der Waals surface area contributed by atoms with Crippen LogP contribution < -0.4 is 10.0 Å². The Morgan fingerprint density at radius 1 is 0.970 bits per heavy atom. The van der Waals surface area contributed by atoms with Crippen LogP contribution in [0, 0.1) is 11.8 Å². The van der Waals surface area contributed by atoms with Gasteiger partial charge in [0, 0.05) is 11.9 Å². The van der Waals surface area contributed by atoms with E-state index >= 15 is 0 Å². The molecule has 0 spiro atoms. The SMILES string of the molecule is COC(=O)C(C(=O)OC)[C@H](Nc1ccc(S(=O)(=O)Nc2ccccn2)cc1)C1CCCCC1. The van der Waals surface area contributed by atoms with Crippen molar-refractivity contribution in [2.75, 3.05) is 24.3 Å². The van der Waals surface area contributed by atoms with Gasteiger partial charge >= 0.3 is 11.9 Å². The smallest absolute Gasteiger partial charge is 0.322 e. The first kappa shape index (κ1) is 24.5. The van der Waals surface area contributed by atoms with E-state index in [9.17, 15) is 18.0 Å². The minimum Gasteiger partial charge on any atom is -0.468 e. The topological polar surface area (TPSA) is 124 Å². The molecule has 0 amide bonds. The second-order valence-corrected chi connectivity index (χ2v) is 9.62. The highest BCUT2D eigenvalue weighted by molar-refractivity contribution is 7.92. The number of rotatable bonds is 9. The second kappa shape index (κ2) is 11.1. The number of ether oxygens (including phenoxy) is 2. The number of anilines is 2. The molecule has 1 aromatic heterocycles. The molecule has 1 aliphatic carbocycles. The van der Waals surface area contributed by atoms with Gasteiger partial charge in [0.05, 0.1) is 25.2 Å². The number of pyridine rings is 1. The molecule has 9 nitrogen and oxygen atoms in total. The minimum absolute atomic E-state index is 0.0606. The van der Waals surface area contributed by atoms with Crippen molar-refractivity contribution in [3.05, 3.63) is 48.7 Å². The number of hydrogen-bond donors (Lipinski definition) is 2. The summed E-state index contributed by atoms with van der Waals surface area (Å²) in [6.07, 6.45) is 6.35. The molecule has 0 radical (unpaired) electrons. The number of carbonyl (C=O) groups is 2. The van der Waals surface area contributed by atoms with Crippen molar-refractivity contribution >= 4 is 33.5 Å². The highest BCUT2D eigenvalue weighted by Gasteiger charge is 2.41. The molecule has 33 heavy (non-hydrogen) atoms. The molecule has 1 aliphatic rings. The third-order valence-electron chi connectivity index (χ3n) is 5.83. The number of benzene rings is 1. The van der Waals surface area contributed by atoms with E-state index in [2.05, 4.69) is 15.0 Å². The maximum atomic E-state index is 12.7. The van der Waals surface area contributed by atoms with Crippen LogP contribution in [0.3, 0.4) is 0 Å². The lowest BCUT2D eigenvalue weighted by Crippen LogP contribution is -2.46. The number of nitrogens with zero attached hydrogens (tertiary/aromatic N) is 1. The minimum atomic E-state index is -3.82. The Balaban J connectivity index is 1.83. The number of hydrogen-bond acceptors (Lipinski definition) is 8. The molecule has 2 N–H and O–H groups in total. The molecule has 0 aliphatic heterocycles. The Kier molecular flexibility index (Phi) is 8.26. The lowest BCUT2D eigenvalue weighted by atomic mass is 9.78. The van der Waals surface area contributed by atoms with E-state index in [4.69, 9.17) is 9.47 Å². The molecule has 1 atom stereocenters. The van der Waals surface area contributed by atoms with Crippen molar-refractivity contribution in [3.63, 3.8) is 0 Å². The number of sulfonamides is 1. The third kappa shape index (κ3) is 6.22. The molecular weight excluding hydrogens is 446 g/mol. The van der Waals surface area contributed by atoms with Gasteiger partial charge < -0.3 is 14.8 Å². The van der Waals surface area contributed by atoms with Crippen LogP contribution in [-0.2, 0) is 29.1 Å². The number of carbonyl (C=O) groups excluding carboxylic acids is 2. The van der Waals surface area contributed by atoms with E-state index in [1.165, 1.54) is 32.5 Å². The van der Waals surface area contributed by atoms with Crippen LogP contribution in [0.15, 0.2) is 53.6 Å². The maximum absolute atomic E-state index is 12.7. The lowest BCUT2D eigenvalue weighted by Gasteiger charge is -2.34. The molecule has 1 heterocycles. The highest BCUT2D eigenvalue weighted by atomic mass is 32.2. The van der Waals surface area contributed by atoms with Crippen LogP contribution in [0.1, 0.15) is 32.1 Å². The fourth-order valence-electron chi connectivity index (χ4n) is 4.15. The summed E-state index contributed by atoms with van der Waals surface area (Å²) in [7, 11) is -1.34. The van der Waals surface area contributed by atoms with E-state index in [1.807, 2.05) is 0 Å². The van der Waals surface area contributed by atoms with Gasteiger partial charge in [-0.15, -0.1) is 0 Å². The third-order valence-corrected chi connectivity index (χ3v) is 7.20. The molecule has 3 rings (SSSR count). The van der Waals surface area contributed by atoms with Crippen molar-refractivity contribution in [1.29, 1.82) is 0 Å². The van der Waals surface area contributed by atoms with Gasteiger partial charge in [0.25, 0.3) is 10.0 Å². The number of methoxy groups -OCH3 is 2. The Morgan fingerprint density at radius 3 is 2.15 bits per heavy atom. The predicted molar refractivity (Wildman–Crippen MR) is 123 cm³/mol. The predicted octanol–water partition coefficient (Wildman–Crippen LogP) is 3.21. The average Bonchev–Trinajstić information content (AvgIpc) is 2.84. The monoisotopic (exact) mass is 475 g/mol. The van der Waals surface area contributed by atoms with E-state index in [1.54, 1.807) is 30.3 Å². The zero-order valence-corrected chi connectivity index (χ0v) is 19.5. The summed E-state index contributed by atoms with van der Waals surface area (Å²) in [6, 6.07) is 10.5.